The monoisotopic (exact) mass is 89.1 g/mol. The van der Waals surface area contributed by atoms with E-state index in [0.29, 0.717) is 6.67 Å². The molecule has 0 unspecified atom stereocenters. The van der Waals surface area contributed by atoms with Gasteiger partial charge in [-0.2, -0.15) is 0 Å². The zero-order chi connectivity index (χ0) is 4.99. The van der Waals surface area contributed by atoms with Gasteiger partial charge in [0.05, 0.1) is 0 Å². The lowest BCUT2D eigenvalue weighted by Crippen LogP contribution is -2.17. The minimum Gasteiger partial charge on any atom is -0.261 e. The summed E-state index contributed by atoms with van der Waals surface area (Å²) in [6.45, 7) is 0.403. The van der Waals surface area contributed by atoms with Crippen LogP contribution in [0.3, 0.4) is 0 Å². The topological polar surface area (TPSA) is 32.1 Å². The smallest absolute Gasteiger partial charge is 0.244 e. The molecule has 3 nitrogen and oxygen atoms in total. The Kier molecular flexibility index (Phi) is 2.58. The zero-order valence-electron chi connectivity index (χ0n) is 4.06. The predicted molar refractivity (Wildman–Crippen MR) is 23.5 cm³/mol. The number of hydrogen-bond acceptors (Lipinski definition) is 2. The van der Waals surface area contributed by atoms with Crippen molar-refractivity contribution in [2.75, 3.05) is 20.8 Å². The standard InChI is InChI=1S/C3H9N2O/c1-4-3-5(2)6/h4H,3H2,1-2H3/q+1. The van der Waals surface area contributed by atoms with E-state index in [-0.39, 0.29) is 0 Å². The zero-order valence-corrected chi connectivity index (χ0v) is 4.06. The molecule has 0 saturated carbocycles. The Morgan fingerprint density at radius 3 is 2.33 bits per heavy atom. The maximum absolute atomic E-state index is 9.90. The van der Waals surface area contributed by atoms with Crippen LogP contribution >= 0.6 is 0 Å². The van der Waals surface area contributed by atoms with Crippen LogP contribution in [0.4, 0.5) is 0 Å². The molecule has 0 rings (SSSR count). The summed E-state index contributed by atoms with van der Waals surface area (Å²) in [5, 5.41) is 2.68. The lowest BCUT2D eigenvalue weighted by molar-refractivity contribution is -0.523. The van der Waals surface area contributed by atoms with E-state index in [1.807, 2.05) is 0 Å². The number of rotatable bonds is 2. The first-order chi connectivity index (χ1) is 2.77. The molecule has 0 amide bonds. The highest BCUT2D eigenvalue weighted by Gasteiger charge is 1.87. The molecule has 0 aromatic carbocycles. The van der Waals surface area contributed by atoms with Crippen LogP contribution in [-0.4, -0.2) is 25.5 Å². The predicted octanol–water partition coefficient (Wildman–Crippen LogP) is -0.428. The highest BCUT2D eigenvalue weighted by atomic mass is 16.3. The minimum absolute atomic E-state index is 0.403. The molecule has 0 bridgehead atoms. The molecule has 0 aliphatic heterocycles. The number of nitrogens with one attached hydrogen (secondary N) is 1. The van der Waals surface area contributed by atoms with Crippen LogP contribution in [0, 0.1) is 4.91 Å². The van der Waals surface area contributed by atoms with Crippen molar-refractivity contribution >= 4 is 0 Å². The van der Waals surface area contributed by atoms with E-state index in [9.17, 15) is 4.91 Å². The summed E-state index contributed by atoms with van der Waals surface area (Å²) in [5.74, 6) is 0. The van der Waals surface area contributed by atoms with Gasteiger partial charge in [-0.05, 0) is 7.05 Å². The SMILES string of the molecule is CNC[N+](C)=O. The Balaban J connectivity index is 2.83. The van der Waals surface area contributed by atoms with Crippen molar-refractivity contribution in [3.8, 4) is 0 Å². The van der Waals surface area contributed by atoms with Gasteiger partial charge < -0.3 is 0 Å². The van der Waals surface area contributed by atoms with Crippen molar-refractivity contribution in [3.63, 3.8) is 0 Å². The first-order valence-electron chi connectivity index (χ1n) is 1.80. The van der Waals surface area contributed by atoms with Gasteiger partial charge in [0, 0.05) is 9.67 Å². The molecule has 0 aliphatic carbocycles. The van der Waals surface area contributed by atoms with E-state index in [1.165, 1.54) is 7.05 Å². The number of nitrogens with zero attached hydrogens (tertiary/aromatic N) is 1. The van der Waals surface area contributed by atoms with Crippen LogP contribution < -0.4 is 5.32 Å². The maximum atomic E-state index is 9.90. The average molecular weight is 89.1 g/mol. The molecule has 0 atom stereocenters. The second kappa shape index (κ2) is 2.78. The van der Waals surface area contributed by atoms with E-state index >= 15 is 0 Å². The number of hydrogen-bond donors (Lipinski definition) is 1. The van der Waals surface area contributed by atoms with Crippen molar-refractivity contribution in [1.29, 1.82) is 0 Å². The third kappa shape index (κ3) is 3.56. The molecule has 0 radical (unpaired) electrons. The normalized spacial score (nSPS) is 8.33. The molecule has 3 heteroatoms. The van der Waals surface area contributed by atoms with Gasteiger partial charge in [0.25, 0.3) is 0 Å². The van der Waals surface area contributed by atoms with Crippen LogP contribution in [0.5, 0.6) is 0 Å². The van der Waals surface area contributed by atoms with Crippen LogP contribution in [0.2, 0.25) is 0 Å². The second-order valence-electron chi connectivity index (χ2n) is 1.14. The van der Waals surface area contributed by atoms with Gasteiger partial charge in [-0.25, -0.2) is 0 Å². The van der Waals surface area contributed by atoms with Crippen molar-refractivity contribution in [2.24, 2.45) is 0 Å². The fourth-order valence-electron chi connectivity index (χ4n) is 0.223. The third-order valence-corrected chi connectivity index (χ3v) is 0.381. The van der Waals surface area contributed by atoms with Crippen molar-refractivity contribution < 1.29 is 4.76 Å². The van der Waals surface area contributed by atoms with E-state index < -0.39 is 0 Å². The van der Waals surface area contributed by atoms with Gasteiger partial charge >= 0.3 is 0 Å². The van der Waals surface area contributed by atoms with Crippen LogP contribution in [-0.2, 0) is 0 Å². The lowest BCUT2D eigenvalue weighted by Gasteiger charge is -1.78. The quantitative estimate of drug-likeness (QED) is 0.368. The Bertz CT molecular complexity index is 52.8. The van der Waals surface area contributed by atoms with Gasteiger partial charge in [0.15, 0.2) is 7.05 Å². The second-order valence-corrected chi connectivity index (χ2v) is 1.14. The summed E-state index contributed by atoms with van der Waals surface area (Å²) in [4.78, 5) is 9.90. The first-order valence-corrected chi connectivity index (χ1v) is 1.80. The first kappa shape index (κ1) is 5.56. The Hall–Kier alpha value is -0.440. The minimum atomic E-state index is 0.403. The molecule has 0 aliphatic rings. The fraction of sp³-hybridized carbons (Fsp3) is 1.00. The summed E-state index contributed by atoms with van der Waals surface area (Å²) >= 11 is 0. The van der Waals surface area contributed by atoms with Gasteiger partial charge in [-0.15, -0.1) is 0 Å². The molecular formula is C3H9N2O+. The molecule has 0 fully saturated rings. The molecule has 6 heavy (non-hydrogen) atoms. The Labute approximate surface area is 36.9 Å². The molecule has 0 spiro atoms. The highest BCUT2D eigenvalue weighted by Crippen LogP contribution is 1.51. The van der Waals surface area contributed by atoms with Crippen LogP contribution in [0.15, 0.2) is 0 Å². The fourth-order valence-corrected chi connectivity index (χ4v) is 0.223. The Morgan fingerprint density at radius 1 is 1.83 bits per heavy atom. The summed E-state index contributed by atoms with van der Waals surface area (Å²) in [5.41, 5.74) is 0. The lowest BCUT2D eigenvalue weighted by atomic mass is 11.0. The summed E-state index contributed by atoms with van der Waals surface area (Å²) in [6.07, 6.45) is 0. The number of nitroso groups, excluding NO2 is 1. The third-order valence-electron chi connectivity index (χ3n) is 0.381. The molecular weight excluding hydrogens is 80.0 g/mol. The van der Waals surface area contributed by atoms with Gasteiger partial charge in [-0.3, -0.25) is 5.32 Å². The average Bonchev–Trinajstić information content (AvgIpc) is 1.35. The van der Waals surface area contributed by atoms with E-state index in [4.69, 9.17) is 0 Å². The highest BCUT2D eigenvalue weighted by molar-refractivity contribution is 4.07. The van der Waals surface area contributed by atoms with Gasteiger partial charge in [0.1, 0.15) is 0 Å². The van der Waals surface area contributed by atoms with Crippen molar-refractivity contribution in [2.45, 2.75) is 0 Å². The maximum Gasteiger partial charge on any atom is 0.244 e. The summed E-state index contributed by atoms with van der Waals surface area (Å²) < 4.78 is 0.819. The Morgan fingerprint density at radius 2 is 2.33 bits per heavy atom. The van der Waals surface area contributed by atoms with Crippen molar-refractivity contribution in [3.05, 3.63) is 4.91 Å². The van der Waals surface area contributed by atoms with E-state index in [0.717, 1.165) is 4.76 Å². The molecule has 36 valence electrons. The summed E-state index contributed by atoms with van der Waals surface area (Å²) in [7, 11) is 3.20. The van der Waals surface area contributed by atoms with Crippen LogP contribution in [0.1, 0.15) is 0 Å². The molecule has 1 N–H and O–H groups in total. The molecule has 0 aromatic rings. The van der Waals surface area contributed by atoms with Crippen LogP contribution in [0.25, 0.3) is 0 Å². The summed E-state index contributed by atoms with van der Waals surface area (Å²) in [6, 6.07) is 0. The van der Waals surface area contributed by atoms with E-state index in [1.54, 1.807) is 7.05 Å². The van der Waals surface area contributed by atoms with Crippen molar-refractivity contribution in [1.82, 2.24) is 5.32 Å². The molecule has 0 saturated heterocycles. The largest absolute Gasteiger partial charge is 0.261 e. The van der Waals surface area contributed by atoms with Gasteiger partial charge in [0.2, 0.25) is 6.67 Å². The van der Waals surface area contributed by atoms with E-state index in [2.05, 4.69) is 5.32 Å². The molecule has 0 aromatic heterocycles. The van der Waals surface area contributed by atoms with Gasteiger partial charge in [-0.1, -0.05) is 0 Å². The molecule has 0 heterocycles.